The van der Waals surface area contributed by atoms with Crippen molar-refractivity contribution in [3.05, 3.63) is 41.3 Å². The molecule has 19 heavy (non-hydrogen) atoms. The molecule has 5 nitrogen and oxygen atoms in total. The first-order valence-electron chi connectivity index (χ1n) is 6.16. The largest absolute Gasteiger partial charge is 0.482 e. The van der Waals surface area contributed by atoms with E-state index in [1.807, 2.05) is 6.92 Å². The van der Waals surface area contributed by atoms with Crippen molar-refractivity contribution < 1.29 is 13.7 Å². The summed E-state index contributed by atoms with van der Waals surface area (Å²) in [5.41, 5.74) is 6.23. The zero-order chi connectivity index (χ0) is 13.7. The molecule has 0 unspecified atom stereocenters. The first kappa shape index (κ1) is 13.5. The number of rotatable bonds is 6. The number of hydrogen-bond donors (Lipinski definition) is 1. The van der Waals surface area contributed by atoms with Gasteiger partial charge in [-0.3, -0.25) is 0 Å². The Kier molecular flexibility index (Phi) is 4.46. The highest BCUT2D eigenvalue weighted by molar-refractivity contribution is 5.35. The number of benzene rings is 1. The third-order valence-corrected chi connectivity index (χ3v) is 2.62. The predicted octanol–water partition coefficient (Wildman–Crippen LogP) is 1.85. The minimum Gasteiger partial charge on any atom is -0.482 e. The lowest BCUT2D eigenvalue weighted by Crippen LogP contribution is -2.07. The lowest BCUT2D eigenvalue weighted by atomic mass is 10.1. The van der Waals surface area contributed by atoms with Crippen molar-refractivity contribution >= 4 is 0 Å². The molecule has 0 bridgehead atoms. The summed E-state index contributed by atoms with van der Waals surface area (Å²) in [4.78, 5) is 4.10. The maximum absolute atomic E-state index is 13.7. The van der Waals surface area contributed by atoms with Crippen molar-refractivity contribution in [2.24, 2.45) is 5.73 Å². The number of aryl methyl sites for hydroxylation is 1. The van der Waals surface area contributed by atoms with Crippen LogP contribution in [-0.2, 0) is 19.4 Å². The molecule has 0 saturated carbocycles. The maximum atomic E-state index is 13.7. The molecular formula is C13H16FN3O2. The molecule has 2 N–H and O–H groups in total. The van der Waals surface area contributed by atoms with Crippen LogP contribution in [0.1, 0.15) is 24.2 Å². The van der Waals surface area contributed by atoms with Crippen molar-refractivity contribution in [1.29, 1.82) is 0 Å². The second-order valence-electron chi connectivity index (χ2n) is 4.01. The van der Waals surface area contributed by atoms with Crippen LogP contribution in [0, 0.1) is 5.82 Å². The molecule has 1 aromatic carbocycles. The fraction of sp³-hybridized carbons (Fsp3) is 0.385. The molecule has 2 aromatic rings. The maximum Gasteiger partial charge on any atom is 0.226 e. The van der Waals surface area contributed by atoms with Crippen LogP contribution in [0.25, 0.3) is 0 Å². The van der Waals surface area contributed by atoms with Gasteiger partial charge in [0, 0.05) is 6.42 Å². The Morgan fingerprint density at radius 1 is 1.42 bits per heavy atom. The van der Waals surface area contributed by atoms with Crippen LogP contribution in [-0.4, -0.2) is 16.7 Å². The van der Waals surface area contributed by atoms with Gasteiger partial charge in [0.05, 0.1) is 0 Å². The third-order valence-electron chi connectivity index (χ3n) is 2.62. The van der Waals surface area contributed by atoms with Crippen molar-refractivity contribution in [3.8, 4) is 5.75 Å². The van der Waals surface area contributed by atoms with E-state index >= 15 is 0 Å². The quantitative estimate of drug-likeness (QED) is 0.862. The summed E-state index contributed by atoms with van der Waals surface area (Å²) in [5, 5.41) is 3.75. The Morgan fingerprint density at radius 3 is 2.95 bits per heavy atom. The van der Waals surface area contributed by atoms with Crippen molar-refractivity contribution in [2.75, 3.05) is 6.54 Å². The van der Waals surface area contributed by atoms with Gasteiger partial charge in [-0.15, -0.1) is 0 Å². The first-order valence-corrected chi connectivity index (χ1v) is 6.16. The molecule has 1 aromatic heterocycles. The van der Waals surface area contributed by atoms with Gasteiger partial charge in [-0.05, 0) is 24.6 Å². The molecule has 0 aliphatic carbocycles. The van der Waals surface area contributed by atoms with E-state index < -0.39 is 5.82 Å². The molecule has 2 rings (SSSR count). The Balaban J connectivity index is 2.09. The molecular weight excluding hydrogens is 249 g/mol. The first-order chi connectivity index (χ1) is 9.24. The lowest BCUT2D eigenvalue weighted by molar-refractivity contribution is 0.270. The van der Waals surface area contributed by atoms with E-state index in [0.29, 0.717) is 31.1 Å². The molecule has 0 atom stereocenters. The van der Waals surface area contributed by atoms with E-state index in [4.69, 9.17) is 15.0 Å². The molecule has 102 valence electrons. The Labute approximate surface area is 110 Å². The second-order valence-corrected chi connectivity index (χ2v) is 4.01. The number of nitrogens with two attached hydrogens (primary N) is 1. The van der Waals surface area contributed by atoms with Crippen LogP contribution in [0.4, 0.5) is 4.39 Å². The Bertz CT molecular complexity index is 542. The van der Waals surface area contributed by atoms with Gasteiger partial charge in [-0.2, -0.15) is 4.98 Å². The summed E-state index contributed by atoms with van der Waals surface area (Å²) in [6, 6.07) is 4.78. The van der Waals surface area contributed by atoms with E-state index in [1.54, 1.807) is 12.1 Å². The molecule has 0 radical (unpaired) electrons. The van der Waals surface area contributed by atoms with Gasteiger partial charge in [0.25, 0.3) is 0 Å². The Hall–Kier alpha value is -1.95. The predicted molar refractivity (Wildman–Crippen MR) is 67.2 cm³/mol. The van der Waals surface area contributed by atoms with Crippen molar-refractivity contribution in [2.45, 2.75) is 26.4 Å². The van der Waals surface area contributed by atoms with Crippen molar-refractivity contribution in [3.63, 3.8) is 0 Å². The standard InChI is InChI=1S/C13H16FN3O2/c1-2-12-16-11(17-19-12)8-18-13-9(6-7-15)4-3-5-10(13)14/h3-5H,2,6-8,15H2,1H3. The van der Waals surface area contributed by atoms with Gasteiger partial charge in [0.15, 0.2) is 18.2 Å². The normalized spacial score (nSPS) is 10.7. The fourth-order valence-corrected chi connectivity index (χ4v) is 1.70. The van der Waals surface area contributed by atoms with Crippen LogP contribution < -0.4 is 10.5 Å². The van der Waals surface area contributed by atoms with E-state index in [0.717, 1.165) is 5.56 Å². The van der Waals surface area contributed by atoms with Gasteiger partial charge in [-0.1, -0.05) is 24.2 Å². The van der Waals surface area contributed by atoms with Gasteiger partial charge in [-0.25, -0.2) is 4.39 Å². The number of hydrogen-bond acceptors (Lipinski definition) is 5. The zero-order valence-electron chi connectivity index (χ0n) is 10.7. The van der Waals surface area contributed by atoms with Gasteiger partial charge in [0.1, 0.15) is 0 Å². The fourth-order valence-electron chi connectivity index (χ4n) is 1.70. The van der Waals surface area contributed by atoms with Crippen LogP contribution in [0.15, 0.2) is 22.7 Å². The number of ether oxygens (including phenoxy) is 1. The molecule has 0 aliphatic heterocycles. The summed E-state index contributed by atoms with van der Waals surface area (Å²) in [7, 11) is 0. The Morgan fingerprint density at radius 2 is 2.26 bits per heavy atom. The lowest BCUT2D eigenvalue weighted by Gasteiger charge is -2.10. The number of para-hydroxylation sites is 1. The molecule has 0 fully saturated rings. The highest BCUT2D eigenvalue weighted by Crippen LogP contribution is 2.23. The third kappa shape index (κ3) is 3.29. The SMILES string of the molecule is CCc1nc(COc2c(F)cccc2CCN)no1. The molecule has 6 heteroatoms. The van der Waals surface area contributed by atoms with E-state index in [-0.39, 0.29) is 12.4 Å². The molecule has 0 aliphatic rings. The van der Waals surface area contributed by atoms with E-state index in [9.17, 15) is 4.39 Å². The topological polar surface area (TPSA) is 74.2 Å². The van der Waals surface area contributed by atoms with E-state index in [1.165, 1.54) is 6.07 Å². The van der Waals surface area contributed by atoms with Crippen LogP contribution in [0.5, 0.6) is 5.75 Å². The minimum atomic E-state index is -0.412. The number of halogens is 1. The summed E-state index contributed by atoms with van der Waals surface area (Å²) >= 11 is 0. The molecule has 0 amide bonds. The van der Waals surface area contributed by atoms with Crippen LogP contribution in [0.3, 0.4) is 0 Å². The molecule has 0 spiro atoms. The van der Waals surface area contributed by atoms with Crippen LogP contribution in [0.2, 0.25) is 0 Å². The van der Waals surface area contributed by atoms with Gasteiger partial charge < -0.3 is 15.0 Å². The van der Waals surface area contributed by atoms with Crippen molar-refractivity contribution in [1.82, 2.24) is 10.1 Å². The second kappa shape index (κ2) is 6.29. The minimum absolute atomic E-state index is 0.0714. The van der Waals surface area contributed by atoms with Crippen LogP contribution >= 0.6 is 0 Å². The summed E-state index contributed by atoms with van der Waals surface area (Å²) in [5.74, 6) is 0.731. The smallest absolute Gasteiger partial charge is 0.226 e. The summed E-state index contributed by atoms with van der Waals surface area (Å²) in [6.07, 6.45) is 1.21. The number of aromatic nitrogens is 2. The highest BCUT2D eigenvalue weighted by Gasteiger charge is 2.11. The molecule has 0 saturated heterocycles. The summed E-state index contributed by atoms with van der Waals surface area (Å²) in [6.45, 7) is 2.42. The number of nitrogens with zero attached hydrogens (tertiary/aromatic N) is 2. The average molecular weight is 265 g/mol. The van der Waals surface area contributed by atoms with Gasteiger partial charge in [0.2, 0.25) is 11.7 Å². The zero-order valence-corrected chi connectivity index (χ0v) is 10.7. The molecule has 1 heterocycles. The summed E-state index contributed by atoms with van der Waals surface area (Å²) < 4.78 is 24.1. The monoisotopic (exact) mass is 265 g/mol. The average Bonchev–Trinajstić information content (AvgIpc) is 2.86. The highest BCUT2D eigenvalue weighted by atomic mass is 19.1. The van der Waals surface area contributed by atoms with Gasteiger partial charge >= 0.3 is 0 Å². The van der Waals surface area contributed by atoms with E-state index in [2.05, 4.69) is 10.1 Å².